The van der Waals surface area contributed by atoms with Gasteiger partial charge in [-0.25, -0.2) is 9.98 Å². The third-order valence-corrected chi connectivity index (χ3v) is 6.45. The van der Waals surface area contributed by atoms with Gasteiger partial charge in [-0.1, -0.05) is 54.8 Å². The number of carbonyl (C=O) groups is 1. The highest BCUT2D eigenvalue weighted by molar-refractivity contribution is 6.06. The second kappa shape index (κ2) is 9.58. The van der Waals surface area contributed by atoms with Crippen LogP contribution in [0, 0.1) is 6.92 Å². The summed E-state index contributed by atoms with van der Waals surface area (Å²) in [7, 11) is 0. The molecule has 2 unspecified atom stereocenters. The lowest BCUT2D eigenvalue weighted by atomic mass is 9.90. The Bertz CT molecular complexity index is 1430. The molecular formula is C27H29N7O. The zero-order valence-electron chi connectivity index (χ0n) is 19.7. The minimum atomic E-state index is -0.260. The summed E-state index contributed by atoms with van der Waals surface area (Å²) in [6, 6.07) is 19.5. The van der Waals surface area contributed by atoms with E-state index in [1.165, 1.54) is 0 Å². The number of aliphatic imine (C=N–C) groups is 1. The average molecular weight is 468 g/mol. The van der Waals surface area contributed by atoms with Gasteiger partial charge in [0.2, 0.25) is 5.95 Å². The molecule has 1 aliphatic carbocycles. The molecule has 0 aliphatic heterocycles. The summed E-state index contributed by atoms with van der Waals surface area (Å²) in [5, 5.41) is 9.42. The van der Waals surface area contributed by atoms with Crippen LogP contribution in [0.5, 0.6) is 0 Å². The van der Waals surface area contributed by atoms with Crippen molar-refractivity contribution in [3.63, 3.8) is 0 Å². The van der Waals surface area contributed by atoms with Crippen LogP contribution in [0.15, 0.2) is 65.7 Å². The number of rotatable bonds is 5. The van der Waals surface area contributed by atoms with Crippen LogP contribution in [0.4, 0.5) is 11.8 Å². The maximum Gasteiger partial charge on any atom is 0.258 e. The van der Waals surface area contributed by atoms with Gasteiger partial charge >= 0.3 is 0 Å². The van der Waals surface area contributed by atoms with Crippen LogP contribution >= 0.6 is 0 Å². The number of carbonyl (C=O) groups excluding carboxylic acids is 1. The van der Waals surface area contributed by atoms with Gasteiger partial charge in [-0.2, -0.15) is 4.98 Å². The lowest BCUT2D eigenvalue weighted by Gasteiger charge is -2.30. The SMILES string of the molecule is Cc1ccc2nc(NC(=O)c3ccc4ccccc4c3)nc(NC3CCCCC3N=C(N)N)c2c1. The van der Waals surface area contributed by atoms with Gasteiger partial charge in [-0.05, 0) is 54.8 Å². The number of aromatic nitrogens is 2. The highest BCUT2D eigenvalue weighted by Crippen LogP contribution is 2.29. The zero-order valence-corrected chi connectivity index (χ0v) is 19.7. The van der Waals surface area contributed by atoms with E-state index in [2.05, 4.69) is 20.6 Å². The summed E-state index contributed by atoms with van der Waals surface area (Å²) >= 11 is 0. The Kier molecular flexibility index (Phi) is 6.18. The summed E-state index contributed by atoms with van der Waals surface area (Å²) in [4.78, 5) is 26.8. The van der Waals surface area contributed by atoms with Gasteiger partial charge in [-0.3, -0.25) is 10.1 Å². The van der Waals surface area contributed by atoms with E-state index in [-0.39, 0.29) is 29.9 Å². The second-order valence-electron chi connectivity index (χ2n) is 9.09. The summed E-state index contributed by atoms with van der Waals surface area (Å²) in [6.45, 7) is 2.03. The number of guanidine groups is 1. The lowest BCUT2D eigenvalue weighted by molar-refractivity contribution is 0.102. The predicted octanol–water partition coefficient (Wildman–Crippen LogP) is 4.34. The standard InChI is InChI=1S/C27H29N7O/c1-16-10-13-21-20(14-16)24(30-22-8-4-5-9-23(22)31-26(28)29)33-27(32-21)34-25(35)19-12-11-17-6-2-3-7-18(17)15-19/h2-3,6-7,10-15,22-23H,4-5,8-9H2,1H3,(H4,28,29,31)(H2,30,32,33,34,35). The molecule has 1 aromatic heterocycles. The summed E-state index contributed by atoms with van der Waals surface area (Å²) in [5.74, 6) is 0.742. The van der Waals surface area contributed by atoms with Gasteiger partial charge in [-0.15, -0.1) is 0 Å². The molecule has 0 bridgehead atoms. The Balaban J connectivity index is 1.47. The third kappa shape index (κ3) is 5.01. The van der Waals surface area contributed by atoms with Gasteiger partial charge < -0.3 is 16.8 Å². The molecule has 1 saturated carbocycles. The monoisotopic (exact) mass is 467 g/mol. The van der Waals surface area contributed by atoms with E-state index in [1.807, 2.05) is 67.6 Å². The first-order valence-corrected chi connectivity index (χ1v) is 11.9. The molecule has 1 fully saturated rings. The van der Waals surface area contributed by atoms with Crippen LogP contribution in [0.25, 0.3) is 21.7 Å². The molecule has 1 heterocycles. The Hall–Kier alpha value is -4.20. The van der Waals surface area contributed by atoms with Crippen LogP contribution in [-0.4, -0.2) is 33.9 Å². The maximum absolute atomic E-state index is 13.1. The molecular weight excluding hydrogens is 438 g/mol. The van der Waals surface area contributed by atoms with E-state index in [0.29, 0.717) is 11.4 Å². The van der Waals surface area contributed by atoms with Crippen LogP contribution < -0.4 is 22.1 Å². The summed E-state index contributed by atoms with van der Waals surface area (Å²) in [6.07, 6.45) is 4.00. The number of nitrogens with two attached hydrogens (primary N) is 2. The molecule has 0 saturated heterocycles. The quantitative estimate of drug-likeness (QED) is 0.255. The largest absolute Gasteiger partial charge is 0.370 e. The Morgan fingerprint density at radius 1 is 0.971 bits per heavy atom. The van der Waals surface area contributed by atoms with E-state index >= 15 is 0 Å². The molecule has 178 valence electrons. The maximum atomic E-state index is 13.1. The molecule has 2 atom stereocenters. The van der Waals surface area contributed by atoms with Gasteiger partial charge in [0.1, 0.15) is 5.82 Å². The van der Waals surface area contributed by atoms with Crippen LogP contribution in [0.1, 0.15) is 41.6 Å². The number of benzene rings is 3. The van der Waals surface area contributed by atoms with Gasteiger partial charge in [0.25, 0.3) is 5.91 Å². The molecule has 1 amide bonds. The zero-order chi connectivity index (χ0) is 24.4. The van der Waals surface area contributed by atoms with Crippen molar-refractivity contribution in [1.29, 1.82) is 0 Å². The molecule has 3 aromatic carbocycles. The topological polar surface area (TPSA) is 131 Å². The Morgan fingerprint density at radius 3 is 2.60 bits per heavy atom. The number of hydrogen-bond donors (Lipinski definition) is 4. The molecule has 8 nitrogen and oxygen atoms in total. The van der Waals surface area contributed by atoms with Crippen molar-refractivity contribution in [2.24, 2.45) is 16.5 Å². The van der Waals surface area contributed by atoms with Crippen LogP contribution in [0.2, 0.25) is 0 Å². The normalized spacial score (nSPS) is 17.7. The van der Waals surface area contributed by atoms with Crippen LogP contribution in [-0.2, 0) is 0 Å². The predicted molar refractivity (Wildman–Crippen MR) is 142 cm³/mol. The fraction of sp³-hybridized carbons (Fsp3) is 0.259. The molecule has 35 heavy (non-hydrogen) atoms. The van der Waals surface area contributed by atoms with Crippen molar-refractivity contribution in [2.45, 2.75) is 44.7 Å². The summed E-state index contributed by atoms with van der Waals surface area (Å²) < 4.78 is 0. The molecule has 0 spiro atoms. The first-order valence-electron chi connectivity index (χ1n) is 11.9. The van der Waals surface area contributed by atoms with Crippen molar-refractivity contribution >= 4 is 45.3 Å². The molecule has 0 radical (unpaired) electrons. The van der Waals surface area contributed by atoms with Crippen molar-refractivity contribution in [3.05, 3.63) is 71.8 Å². The summed E-state index contributed by atoms with van der Waals surface area (Å²) in [5.41, 5.74) is 13.8. The number of aryl methyl sites for hydroxylation is 1. The van der Waals surface area contributed by atoms with Gasteiger partial charge in [0, 0.05) is 10.9 Å². The highest BCUT2D eigenvalue weighted by atomic mass is 16.1. The highest BCUT2D eigenvalue weighted by Gasteiger charge is 2.26. The lowest BCUT2D eigenvalue weighted by Crippen LogP contribution is -2.38. The van der Waals surface area contributed by atoms with Crippen molar-refractivity contribution in [3.8, 4) is 0 Å². The first kappa shape index (κ1) is 22.6. The van der Waals surface area contributed by atoms with Crippen molar-refractivity contribution in [1.82, 2.24) is 9.97 Å². The number of anilines is 2. The Labute approximate surface area is 203 Å². The van der Waals surface area contributed by atoms with Gasteiger partial charge in [0.15, 0.2) is 5.96 Å². The molecule has 8 heteroatoms. The minimum Gasteiger partial charge on any atom is -0.370 e. The number of fused-ring (bicyclic) bond motifs is 2. The third-order valence-electron chi connectivity index (χ3n) is 6.45. The number of hydrogen-bond acceptors (Lipinski definition) is 5. The number of nitrogens with one attached hydrogen (secondary N) is 2. The van der Waals surface area contributed by atoms with E-state index in [1.54, 1.807) is 0 Å². The van der Waals surface area contributed by atoms with E-state index < -0.39 is 0 Å². The number of nitrogens with zero attached hydrogens (tertiary/aromatic N) is 3. The number of amides is 1. The Morgan fingerprint density at radius 2 is 1.77 bits per heavy atom. The molecule has 5 rings (SSSR count). The van der Waals surface area contributed by atoms with E-state index in [9.17, 15) is 4.79 Å². The van der Waals surface area contributed by atoms with Gasteiger partial charge in [0.05, 0.1) is 17.6 Å². The minimum absolute atomic E-state index is 0.0285. The molecule has 1 aliphatic rings. The van der Waals surface area contributed by atoms with Crippen molar-refractivity contribution < 1.29 is 4.79 Å². The van der Waals surface area contributed by atoms with E-state index in [0.717, 1.165) is 52.9 Å². The second-order valence-corrected chi connectivity index (χ2v) is 9.09. The first-order chi connectivity index (χ1) is 17.0. The van der Waals surface area contributed by atoms with E-state index in [4.69, 9.17) is 16.5 Å². The van der Waals surface area contributed by atoms with Crippen molar-refractivity contribution in [2.75, 3.05) is 10.6 Å². The average Bonchev–Trinajstić information content (AvgIpc) is 2.85. The molecule has 6 N–H and O–H groups in total. The smallest absolute Gasteiger partial charge is 0.258 e. The van der Waals surface area contributed by atoms with Crippen LogP contribution in [0.3, 0.4) is 0 Å². The fourth-order valence-corrected chi connectivity index (χ4v) is 4.71. The fourth-order valence-electron chi connectivity index (χ4n) is 4.71. The molecule has 4 aromatic rings.